The molecule has 0 amide bonds. The fourth-order valence-electron chi connectivity index (χ4n) is 1.23. The number of nitro groups is 1. The number of aliphatic hydroxyl groups excluding tert-OH is 1. The van der Waals surface area contributed by atoms with Gasteiger partial charge in [0.05, 0.1) is 24.7 Å². The molecule has 7 heteroatoms. The summed E-state index contributed by atoms with van der Waals surface area (Å²) < 4.78 is 4.78. The molecule has 1 aromatic carbocycles. The van der Waals surface area contributed by atoms with Crippen LogP contribution in [0.15, 0.2) is 12.1 Å². The summed E-state index contributed by atoms with van der Waals surface area (Å²) in [5.41, 5.74) is 5.35. The Kier molecular flexibility index (Phi) is 3.64. The number of phenolic OH excluding ortho intramolecular Hbond substituents is 1. The van der Waals surface area contributed by atoms with Crippen LogP contribution in [0.5, 0.6) is 11.5 Å². The minimum absolute atomic E-state index is 0.0481. The first kappa shape index (κ1) is 12.2. The zero-order valence-corrected chi connectivity index (χ0v) is 8.58. The van der Waals surface area contributed by atoms with Gasteiger partial charge in [0.25, 0.3) is 0 Å². The van der Waals surface area contributed by atoms with Crippen molar-refractivity contribution in [3.63, 3.8) is 0 Å². The monoisotopic (exact) mass is 228 g/mol. The summed E-state index contributed by atoms with van der Waals surface area (Å²) in [6.07, 6.45) is 0. The minimum Gasteiger partial charge on any atom is -0.500 e. The van der Waals surface area contributed by atoms with Crippen molar-refractivity contribution in [2.75, 3.05) is 13.7 Å². The molecular weight excluding hydrogens is 216 g/mol. The van der Waals surface area contributed by atoms with E-state index in [0.29, 0.717) is 5.56 Å². The van der Waals surface area contributed by atoms with E-state index in [0.717, 1.165) is 6.07 Å². The molecule has 0 aliphatic carbocycles. The van der Waals surface area contributed by atoms with E-state index < -0.39 is 22.4 Å². The lowest BCUT2D eigenvalue weighted by Gasteiger charge is -2.11. The zero-order valence-electron chi connectivity index (χ0n) is 8.58. The van der Waals surface area contributed by atoms with Gasteiger partial charge >= 0.3 is 5.69 Å². The summed E-state index contributed by atoms with van der Waals surface area (Å²) in [6.45, 7) is -0.356. The van der Waals surface area contributed by atoms with Gasteiger partial charge in [-0.2, -0.15) is 0 Å². The summed E-state index contributed by atoms with van der Waals surface area (Å²) in [4.78, 5) is 9.90. The van der Waals surface area contributed by atoms with Gasteiger partial charge in [0.1, 0.15) is 0 Å². The number of nitro benzene ring substituents is 1. The SMILES string of the molecule is COc1cc(C(N)CO)cc([N+](=O)[O-])c1O. The third-order valence-corrected chi connectivity index (χ3v) is 2.12. The van der Waals surface area contributed by atoms with Gasteiger partial charge in [-0.05, 0) is 11.6 Å². The van der Waals surface area contributed by atoms with Crippen molar-refractivity contribution >= 4 is 5.69 Å². The minimum atomic E-state index is -0.756. The molecule has 0 bridgehead atoms. The molecule has 1 unspecified atom stereocenters. The molecule has 1 atom stereocenters. The van der Waals surface area contributed by atoms with Gasteiger partial charge in [0.2, 0.25) is 5.75 Å². The average Bonchev–Trinajstić information content (AvgIpc) is 2.27. The van der Waals surface area contributed by atoms with Crippen molar-refractivity contribution in [3.8, 4) is 11.5 Å². The number of hydrogen-bond donors (Lipinski definition) is 3. The zero-order chi connectivity index (χ0) is 12.3. The molecule has 0 aliphatic rings. The first-order chi connectivity index (χ1) is 7.51. The number of aromatic hydroxyl groups is 1. The van der Waals surface area contributed by atoms with Gasteiger partial charge in [0, 0.05) is 6.07 Å². The Balaban J connectivity index is 3.34. The highest BCUT2D eigenvalue weighted by molar-refractivity contribution is 5.57. The molecule has 0 fully saturated rings. The van der Waals surface area contributed by atoms with Gasteiger partial charge in [-0.25, -0.2) is 0 Å². The Morgan fingerprint density at radius 1 is 1.62 bits per heavy atom. The topological polar surface area (TPSA) is 119 Å². The molecule has 1 rings (SSSR count). The van der Waals surface area contributed by atoms with Crippen LogP contribution in [0.3, 0.4) is 0 Å². The van der Waals surface area contributed by atoms with Crippen LogP contribution in [0.1, 0.15) is 11.6 Å². The molecule has 7 nitrogen and oxygen atoms in total. The van der Waals surface area contributed by atoms with Gasteiger partial charge in [0.15, 0.2) is 5.75 Å². The van der Waals surface area contributed by atoms with Gasteiger partial charge < -0.3 is 20.7 Å². The summed E-state index contributed by atoms with van der Waals surface area (Å²) in [5.74, 6) is -0.602. The molecule has 0 aliphatic heterocycles. The Morgan fingerprint density at radius 3 is 2.69 bits per heavy atom. The van der Waals surface area contributed by atoms with E-state index in [9.17, 15) is 15.2 Å². The van der Waals surface area contributed by atoms with Crippen LogP contribution < -0.4 is 10.5 Å². The normalized spacial score (nSPS) is 12.2. The molecule has 88 valence electrons. The van der Waals surface area contributed by atoms with Crippen molar-refractivity contribution in [2.24, 2.45) is 5.73 Å². The maximum absolute atomic E-state index is 10.6. The van der Waals surface area contributed by atoms with E-state index in [1.165, 1.54) is 13.2 Å². The second kappa shape index (κ2) is 4.77. The molecule has 0 heterocycles. The second-order valence-electron chi connectivity index (χ2n) is 3.14. The highest BCUT2D eigenvalue weighted by Crippen LogP contribution is 2.37. The van der Waals surface area contributed by atoms with E-state index in [4.69, 9.17) is 15.6 Å². The predicted molar refractivity (Wildman–Crippen MR) is 55.3 cm³/mol. The van der Waals surface area contributed by atoms with E-state index in [2.05, 4.69) is 0 Å². The Labute approximate surface area is 91.2 Å². The highest BCUT2D eigenvalue weighted by Gasteiger charge is 2.21. The molecule has 0 saturated carbocycles. The molecule has 4 N–H and O–H groups in total. The summed E-state index contributed by atoms with van der Waals surface area (Å²) >= 11 is 0. The van der Waals surface area contributed by atoms with Crippen LogP contribution in [0, 0.1) is 10.1 Å². The third kappa shape index (κ3) is 2.20. The van der Waals surface area contributed by atoms with Crippen LogP contribution in [0.25, 0.3) is 0 Å². The Hall–Kier alpha value is -1.86. The molecule has 0 saturated heterocycles. The maximum atomic E-state index is 10.6. The number of ether oxygens (including phenoxy) is 1. The van der Waals surface area contributed by atoms with Crippen molar-refractivity contribution in [3.05, 3.63) is 27.8 Å². The van der Waals surface area contributed by atoms with E-state index in [1.54, 1.807) is 0 Å². The molecule has 1 aromatic rings. The number of aliphatic hydroxyl groups is 1. The lowest BCUT2D eigenvalue weighted by molar-refractivity contribution is -0.386. The van der Waals surface area contributed by atoms with Crippen molar-refractivity contribution in [1.29, 1.82) is 0 Å². The average molecular weight is 228 g/mol. The van der Waals surface area contributed by atoms with E-state index in [-0.39, 0.29) is 12.4 Å². The quantitative estimate of drug-likeness (QED) is 0.503. The van der Waals surface area contributed by atoms with Crippen LogP contribution >= 0.6 is 0 Å². The maximum Gasteiger partial charge on any atom is 0.314 e. The second-order valence-corrected chi connectivity index (χ2v) is 3.14. The smallest absolute Gasteiger partial charge is 0.314 e. The number of nitrogens with zero attached hydrogens (tertiary/aromatic N) is 1. The first-order valence-corrected chi connectivity index (χ1v) is 4.43. The largest absolute Gasteiger partial charge is 0.500 e. The number of hydrogen-bond acceptors (Lipinski definition) is 6. The number of phenols is 1. The molecule has 0 radical (unpaired) electrons. The molecule has 16 heavy (non-hydrogen) atoms. The van der Waals surface area contributed by atoms with E-state index in [1.807, 2.05) is 0 Å². The van der Waals surface area contributed by atoms with Crippen LogP contribution in [-0.2, 0) is 0 Å². The molecule has 0 aromatic heterocycles. The highest BCUT2D eigenvalue weighted by atomic mass is 16.6. The molecular formula is C9H12N2O5. The third-order valence-electron chi connectivity index (χ3n) is 2.12. The Bertz CT molecular complexity index is 407. The fourth-order valence-corrected chi connectivity index (χ4v) is 1.23. The predicted octanol–water partition coefficient (Wildman–Crippen LogP) is 0.301. The fraction of sp³-hybridized carbons (Fsp3) is 0.333. The summed E-state index contributed by atoms with van der Waals surface area (Å²) in [7, 11) is 1.27. The number of methoxy groups -OCH3 is 1. The van der Waals surface area contributed by atoms with Crippen molar-refractivity contribution in [1.82, 2.24) is 0 Å². The standard InChI is InChI=1S/C9H12N2O5/c1-16-8-3-5(6(10)4-12)2-7(9(8)13)11(14)15/h2-3,6,12-13H,4,10H2,1H3. The van der Waals surface area contributed by atoms with Gasteiger partial charge in [-0.15, -0.1) is 0 Å². The van der Waals surface area contributed by atoms with Crippen LogP contribution in [0.2, 0.25) is 0 Å². The Morgan fingerprint density at radius 2 is 2.25 bits per heavy atom. The van der Waals surface area contributed by atoms with Crippen molar-refractivity contribution in [2.45, 2.75) is 6.04 Å². The van der Waals surface area contributed by atoms with Gasteiger partial charge in [-0.1, -0.05) is 0 Å². The van der Waals surface area contributed by atoms with Crippen LogP contribution in [0.4, 0.5) is 5.69 Å². The lowest BCUT2D eigenvalue weighted by atomic mass is 10.1. The lowest BCUT2D eigenvalue weighted by Crippen LogP contribution is -2.14. The van der Waals surface area contributed by atoms with E-state index >= 15 is 0 Å². The summed E-state index contributed by atoms with van der Waals surface area (Å²) in [5, 5.41) is 29.0. The number of nitrogens with two attached hydrogens (primary N) is 1. The summed E-state index contributed by atoms with van der Waals surface area (Å²) in [6, 6.07) is 1.70. The van der Waals surface area contributed by atoms with Crippen molar-refractivity contribution < 1.29 is 19.9 Å². The first-order valence-electron chi connectivity index (χ1n) is 4.43. The molecule has 0 spiro atoms. The van der Waals surface area contributed by atoms with Gasteiger partial charge in [-0.3, -0.25) is 10.1 Å². The van der Waals surface area contributed by atoms with Crippen LogP contribution in [-0.4, -0.2) is 28.9 Å². The number of rotatable bonds is 4. The number of benzene rings is 1.